The van der Waals surface area contributed by atoms with Crippen LogP contribution in [0, 0.1) is 0 Å². The van der Waals surface area contributed by atoms with E-state index in [0.717, 1.165) is 0 Å². The van der Waals surface area contributed by atoms with Gasteiger partial charge >= 0.3 is 5.97 Å². The monoisotopic (exact) mass is 261 g/mol. The molecular formula is C10H12ClNO3S. The van der Waals surface area contributed by atoms with Gasteiger partial charge in [0.15, 0.2) is 0 Å². The van der Waals surface area contributed by atoms with Gasteiger partial charge in [0.05, 0.1) is 12.2 Å². The predicted molar refractivity (Wildman–Crippen MR) is 64.2 cm³/mol. The molecule has 0 radical (unpaired) electrons. The summed E-state index contributed by atoms with van der Waals surface area (Å²) in [7, 11) is 0. The summed E-state index contributed by atoms with van der Waals surface area (Å²) in [6, 6.07) is 1.61. The molecule has 16 heavy (non-hydrogen) atoms. The number of alkyl halides is 1. The predicted octanol–water partition coefficient (Wildman–Crippen LogP) is 2.49. The number of esters is 1. The Morgan fingerprint density at radius 3 is 2.88 bits per heavy atom. The van der Waals surface area contributed by atoms with Crippen LogP contribution in [0.3, 0.4) is 0 Å². The molecule has 0 aromatic carbocycles. The Morgan fingerprint density at radius 2 is 2.31 bits per heavy atom. The molecule has 0 aliphatic rings. The van der Waals surface area contributed by atoms with Crippen molar-refractivity contribution in [2.24, 2.45) is 0 Å². The highest BCUT2D eigenvalue weighted by molar-refractivity contribution is 7.14. The molecule has 1 aromatic heterocycles. The first kappa shape index (κ1) is 13.0. The summed E-state index contributed by atoms with van der Waals surface area (Å²) in [4.78, 5) is 22.8. The summed E-state index contributed by atoms with van der Waals surface area (Å²) in [6.45, 7) is 3.59. The van der Waals surface area contributed by atoms with Crippen LogP contribution >= 0.6 is 22.9 Å². The second-order valence-electron chi connectivity index (χ2n) is 2.99. The number of amides is 1. The van der Waals surface area contributed by atoms with Gasteiger partial charge in [0.1, 0.15) is 10.4 Å². The molecule has 1 heterocycles. The lowest BCUT2D eigenvalue weighted by atomic mass is 10.3. The zero-order chi connectivity index (χ0) is 12.1. The third-order valence-corrected chi connectivity index (χ3v) is 2.79. The van der Waals surface area contributed by atoms with Crippen LogP contribution in [0.4, 0.5) is 5.00 Å². The number of hydrogen-bond donors (Lipinski definition) is 1. The first-order valence-electron chi connectivity index (χ1n) is 4.75. The minimum atomic E-state index is -0.642. The third kappa shape index (κ3) is 3.21. The summed E-state index contributed by atoms with van der Waals surface area (Å²) >= 11 is 6.87. The topological polar surface area (TPSA) is 55.4 Å². The van der Waals surface area contributed by atoms with Crippen LogP contribution in [-0.4, -0.2) is 23.9 Å². The number of hydrogen-bond acceptors (Lipinski definition) is 4. The normalized spacial score (nSPS) is 11.9. The third-order valence-electron chi connectivity index (χ3n) is 1.76. The first-order valence-corrected chi connectivity index (χ1v) is 6.07. The number of thiophene rings is 1. The average molecular weight is 262 g/mol. The Balaban J connectivity index is 2.78. The number of anilines is 1. The van der Waals surface area contributed by atoms with Gasteiger partial charge in [0, 0.05) is 0 Å². The minimum Gasteiger partial charge on any atom is -0.462 e. The Morgan fingerprint density at radius 1 is 1.62 bits per heavy atom. The maximum atomic E-state index is 11.5. The largest absolute Gasteiger partial charge is 0.462 e. The van der Waals surface area contributed by atoms with Crippen LogP contribution in [-0.2, 0) is 9.53 Å². The van der Waals surface area contributed by atoms with Gasteiger partial charge in [-0.15, -0.1) is 22.9 Å². The number of nitrogens with one attached hydrogen (secondary N) is 1. The highest BCUT2D eigenvalue weighted by Gasteiger charge is 2.17. The highest BCUT2D eigenvalue weighted by Crippen LogP contribution is 2.24. The van der Waals surface area contributed by atoms with E-state index in [-0.39, 0.29) is 5.91 Å². The molecule has 0 aliphatic carbocycles. The van der Waals surface area contributed by atoms with E-state index in [9.17, 15) is 9.59 Å². The SMILES string of the molecule is CCOC(=O)c1ccsc1NC(=O)C(C)Cl. The van der Waals surface area contributed by atoms with Crippen LogP contribution in [0.25, 0.3) is 0 Å². The van der Waals surface area contributed by atoms with Gasteiger partial charge in [-0.3, -0.25) is 4.79 Å². The minimum absolute atomic E-state index is 0.300. The summed E-state index contributed by atoms with van der Waals surface area (Å²) in [5, 5.41) is 4.11. The number of carbonyl (C=O) groups is 2. The van der Waals surface area contributed by atoms with Gasteiger partial charge in [-0.1, -0.05) is 0 Å². The van der Waals surface area contributed by atoms with Gasteiger partial charge in [-0.25, -0.2) is 4.79 Å². The van der Waals surface area contributed by atoms with Crippen molar-refractivity contribution < 1.29 is 14.3 Å². The molecule has 0 bridgehead atoms. The fourth-order valence-corrected chi connectivity index (χ4v) is 1.82. The Bertz CT molecular complexity index is 389. The molecule has 1 aromatic rings. The maximum Gasteiger partial charge on any atom is 0.341 e. The Labute approximate surface area is 103 Å². The quantitative estimate of drug-likeness (QED) is 0.669. The van der Waals surface area contributed by atoms with Crippen molar-refractivity contribution >= 4 is 39.8 Å². The van der Waals surface area contributed by atoms with Gasteiger partial charge in [0.25, 0.3) is 0 Å². The molecule has 88 valence electrons. The summed E-state index contributed by atoms with van der Waals surface area (Å²) in [5.74, 6) is -0.782. The second kappa shape index (κ2) is 5.86. The Hall–Kier alpha value is -1.07. The van der Waals surface area contributed by atoms with Crippen molar-refractivity contribution in [3.8, 4) is 0 Å². The van der Waals surface area contributed by atoms with E-state index in [2.05, 4.69) is 5.32 Å². The van der Waals surface area contributed by atoms with E-state index in [0.29, 0.717) is 17.2 Å². The van der Waals surface area contributed by atoms with Crippen molar-refractivity contribution in [3.05, 3.63) is 17.0 Å². The van der Waals surface area contributed by atoms with Crippen molar-refractivity contribution in [3.63, 3.8) is 0 Å². The van der Waals surface area contributed by atoms with Gasteiger partial charge in [0.2, 0.25) is 5.91 Å². The highest BCUT2D eigenvalue weighted by atomic mass is 35.5. The molecule has 0 saturated carbocycles. The molecule has 0 fully saturated rings. The molecule has 1 unspecified atom stereocenters. The molecular weight excluding hydrogens is 250 g/mol. The molecule has 1 amide bonds. The van der Waals surface area contributed by atoms with Crippen LogP contribution in [0.1, 0.15) is 24.2 Å². The second-order valence-corrected chi connectivity index (χ2v) is 4.56. The summed E-state index contributed by atoms with van der Waals surface area (Å²) < 4.78 is 4.85. The van der Waals surface area contributed by atoms with Crippen molar-refractivity contribution in [1.82, 2.24) is 0 Å². The molecule has 1 N–H and O–H groups in total. The number of carbonyl (C=O) groups excluding carboxylic acids is 2. The molecule has 1 rings (SSSR count). The molecule has 6 heteroatoms. The number of rotatable bonds is 4. The van der Waals surface area contributed by atoms with Gasteiger partial charge < -0.3 is 10.1 Å². The van der Waals surface area contributed by atoms with E-state index in [1.54, 1.807) is 25.3 Å². The summed E-state index contributed by atoms with van der Waals surface area (Å²) in [5.41, 5.74) is 0.359. The van der Waals surface area contributed by atoms with Crippen LogP contribution in [0.2, 0.25) is 0 Å². The van der Waals surface area contributed by atoms with Crippen LogP contribution in [0.5, 0.6) is 0 Å². The standard InChI is InChI=1S/C10H12ClNO3S/c1-3-15-10(14)7-4-5-16-9(7)12-8(13)6(2)11/h4-6H,3H2,1-2H3,(H,12,13). The average Bonchev–Trinajstić information content (AvgIpc) is 2.66. The fraction of sp³-hybridized carbons (Fsp3) is 0.400. The van der Waals surface area contributed by atoms with Crippen molar-refractivity contribution in [2.45, 2.75) is 19.2 Å². The Kier molecular flexibility index (Phi) is 4.76. The van der Waals surface area contributed by atoms with Crippen molar-refractivity contribution in [2.75, 3.05) is 11.9 Å². The van der Waals surface area contributed by atoms with E-state index >= 15 is 0 Å². The molecule has 0 spiro atoms. The van der Waals surface area contributed by atoms with Crippen molar-refractivity contribution in [1.29, 1.82) is 0 Å². The van der Waals surface area contributed by atoms with E-state index in [4.69, 9.17) is 16.3 Å². The van der Waals surface area contributed by atoms with Gasteiger partial charge in [-0.2, -0.15) is 0 Å². The van der Waals surface area contributed by atoms with E-state index in [1.165, 1.54) is 11.3 Å². The van der Waals surface area contributed by atoms with E-state index in [1.807, 2.05) is 0 Å². The summed E-state index contributed by atoms with van der Waals surface area (Å²) in [6.07, 6.45) is 0. The number of halogens is 1. The molecule has 4 nitrogen and oxygen atoms in total. The molecule has 0 aliphatic heterocycles. The number of ether oxygens (including phenoxy) is 1. The zero-order valence-electron chi connectivity index (χ0n) is 8.95. The first-order chi connectivity index (χ1) is 7.56. The zero-order valence-corrected chi connectivity index (χ0v) is 10.5. The van der Waals surface area contributed by atoms with Gasteiger partial charge in [-0.05, 0) is 25.3 Å². The molecule has 1 atom stereocenters. The lowest BCUT2D eigenvalue weighted by Crippen LogP contribution is -2.21. The van der Waals surface area contributed by atoms with Crippen LogP contribution in [0.15, 0.2) is 11.4 Å². The molecule has 0 saturated heterocycles. The lowest BCUT2D eigenvalue weighted by molar-refractivity contribution is -0.115. The maximum absolute atomic E-state index is 11.5. The lowest BCUT2D eigenvalue weighted by Gasteiger charge is -2.06. The van der Waals surface area contributed by atoms with E-state index < -0.39 is 11.3 Å². The fourth-order valence-electron chi connectivity index (χ4n) is 0.987. The van der Waals surface area contributed by atoms with Crippen LogP contribution < -0.4 is 5.32 Å². The smallest absolute Gasteiger partial charge is 0.341 e.